The summed E-state index contributed by atoms with van der Waals surface area (Å²) in [7, 11) is 3.58. The summed E-state index contributed by atoms with van der Waals surface area (Å²) >= 11 is 0. The molecule has 3 nitrogen and oxygen atoms in total. The lowest BCUT2D eigenvalue weighted by Gasteiger charge is -1.95. The van der Waals surface area contributed by atoms with Crippen molar-refractivity contribution >= 4 is 0 Å². The summed E-state index contributed by atoms with van der Waals surface area (Å²) in [6.07, 6.45) is 2.58. The van der Waals surface area contributed by atoms with Crippen molar-refractivity contribution in [2.45, 2.75) is 18.8 Å². The van der Waals surface area contributed by atoms with Gasteiger partial charge in [0.2, 0.25) is 5.88 Å². The lowest BCUT2D eigenvalue weighted by molar-refractivity contribution is 0.373. The second-order valence-electron chi connectivity index (χ2n) is 3.01. The zero-order valence-electron chi connectivity index (χ0n) is 6.87. The Balaban J connectivity index is 2.28. The quantitative estimate of drug-likeness (QED) is 0.638. The molecule has 0 radical (unpaired) electrons. The van der Waals surface area contributed by atoms with Crippen molar-refractivity contribution in [1.29, 1.82) is 0 Å². The molecule has 0 N–H and O–H groups in total. The average molecular weight is 152 g/mol. The number of methoxy groups -OCH3 is 1. The van der Waals surface area contributed by atoms with Crippen molar-refractivity contribution in [3.63, 3.8) is 0 Å². The molecule has 1 aromatic heterocycles. The van der Waals surface area contributed by atoms with Crippen molar-refractivity contribution in [2.75, 3.05) is 7.11 Å². The van der Waals surface area contributed by atoms with Crippen LogP contribution in [0.4, 0.5) is 0 Å². The van der Waals surface area contributed by atoms with Crippen LogP contribution in [-0.2, 0) is 7.05 Å². The molecular weight excluding hydrogens is 140 g/mol. The maximum absolute atomic E-state index is 5.10. The SMILES string of the molecule is COc1cc(C2CC2)nn1C. The van der Waals surface area contributed by atoms with Gasteiger partial charge in [0, 0.05) is 19.0 Å². The van der Waals surface area contributed by atoms with E-state index in [1.54, 1.807) is 11.8 Å². The molecule has 0 saturated heterocycles. The van der Waals surface area contributed by atoms with Crippen LogP contribution >= 0.6 is 0 Å². The van der Waals surface area contributed by atoms with Crippen LogP contribution in [0.1, 0.15) is 24.5 Å². The van der Waals surface area contributed by atoms with Crippen LogP contribution in [0.2, 0.25) is 0 Å². The minimum atomic E-state index is 0.713. The summed E-state index contributed by atoms with van der Waals surface area (Å²) in [5, 5.41) is 4.34. The Morgan fingerprint density at radius 3 is 2.82 bits per heavy atom. The van der Waals surface area contributed by atoms with E-state index in [4.69, 9.17) is 4.74 Å². The van der Waals surface area contributed by atoms with Gasteiger partial charge in [-0.3, -0.25) is 0 Å². The number of ether oxygens (including phenoxy) is 1. The molecule has 0 unspecified atom stereocenters. The smallest absolute Gasteiger partial charge is 0.211 e. The third-order valence-electron chi connectivity index (χ3n) is 2.06. The summed E-state index contributed by atoms with van der Waals surface area (Å²) < 4.78 is 6.89. The van der Waals surface area contributed by atoms with E-state index in [1.807, 2.05) is 13.1 Å². The van der Waals surface area contributed by atoms with Gasteiger partial charge in [0.1, 0.15) is 0 Å². The molecule has 2 rings (SSSR count). The Kier molecular flexibility index (Phi) is 1.37. The summed E-state index contributed by atoms with van der Waals surface area (Å²) in [6.45, 7) is 0. The van der Waals surface area contributed by atoms with Gasteiger partial charge >= 0.3 is 0 Å². The van der Waals surface area contributed by atoms with Crippen LogP contribution in [0, 0.1) is 0 Å². The Morgan fingerprint density at radius 1 is 1.64 bits per heavy atom. The van der Waals surface area contributed by atoms with Crippen molar-refractivity contribution in [1.82, 2.24) is 9.78 Å². The molecular formula is C8H12N2O. The van der Waals surface area contributed by atoms with Gasteiger partial charge in [0.05, 0.1) is 12.8 Å². The van der Waals surface area contributed by atoms with E-state index in [-0.39, 0.29) is 0 Å². The molecule has 0 atom stereocenters. The number of nitrogens with zero attached hydrogens (tertiary/aromatic N) is 2. The van der Waals surface area contributed by atoms with E-state index in [0.29, 0.717) is 5.92 Å². The number of rotatable bonds is 2. The topological polar surface area (TPSA) is 27.1 Å². The van der Waals surface area contributed by atoms with E-state index in [1.165, 1.54) is 18.5 Å². The van der Waals surface area contributed by atoms with Gasteiger partial charge in [-0.15, -0.1) is 0 Å². The molecule has 1 fully saturated rings. The van der Waals surface area contributed by atoms with Crippen LogP contribution in [0.3, 0.4) is 0 Å². The van der Waals surface area contributed by atoms with E-state index in [2.05, 4.69) is 5.10 Å². The van der Waals surface area contributed by atoms with Crippen molar-refractivity contribution in [2.24, 2.45) is 7.05 Å². The second kappa shape index (κ2) is 2.26. The fraction of sp³-hybridized carbons (Fsp3) is 0.625. The van der Waals surface area contributed by atoms with Crippen LogP contribution in [0.5, 0.6) is 5.88 Å². The molecule has 1 aromatic rings. The molecule has 3 heteroatoms. The molecule has 0 spiro atoms. The van der Waals surface area contributed by atoms with Gasteiger partial charge in [-0.1, -0.05) is 0 Å². The minimum Gasteiger partial charge on any atom is -0.481 e. The second-order valence-corrected chi connectivity index (χ2v) is 3.01. The van der Waals surface area contributed by atoms with Crippen LogP contribution in [-0.4, -0.2) is 16.9 Å². The molecule has 1 saturated carbocycles. The lowest BCUT2D eigenvalue weighted by atomic mass is 10.3. The minimum absolute atomic E-state index is 0.713. The fourth-order valence-electron chi connectivity index (χ4n) is 1.24. The highest BCUT2D eigenvalue weighted by Crippen LogP contribution is 2.40. The Morgan fingerprint density at radius 2 is 2.36 bits per heavy atom. The first-order valence-electron chi connectivity index (χ1n) is 3.89. The maximum Gasteiger partial charge on any atom is 0.211 e. The van der Waals surface area contributed by atoms with Gasteiger partial charge in [0.25, 0.3) is 0 Å². The number of hydrogen-bond acceptors (Lipinski definition) is 2. The van der Waals surface area contributed by atoms with Crippen LogP contribution in [0.15, 0.2) is 6.07 Å². The van der Waals surface area contributed by atoms with Gasteiger partial charge in [-0.05, 0) is 12.8 Å². The fourth-order valence-corrected chi connectivity index (χ4v) is 1.24. The van der Waals surface area contributed by atoms with Crippen LogP contribution in [0.25, 0.3) is 0 Å². The van der Waals surface area contributed by atoms with Crippen LogP contribution < -0.4 is 4.74 Å². The van der Waals surface area contributed by atoms with E-state index >= 15 is 0 Å². The van der Waals surface area contributed by atoms with E-state index in [0.717, 1.165) is 5.88 Å². The Bertz CT molecular complexity index is 263. The predicted molar refractivity (Wildman–Crippen MR) is 41.7 cm³/mol. The summed E-state index contributed by atoms with van der Waals surface area (Å²) in [4.78, 5) is 0. The highest BCUT2D eigenvalue weighted by molar-refractivity contribution is 5.22. The molecule has 11 heavy (non-hydrogen) atoms. The first-order chi connectivity index (χ1) is 5.31. The molecule has 1 aliphatic rings. The molecule has 60 valence electrons. The zero-order chi connectivity index (χ0) is 7.84. The van der Waals surface area contributed by atoms with Crippen molar-refractivity contribution in [3.05, 3.63) is 11.8 Å². The van der Waals surface area contributed by atoms with Gasteiger partial charge in [0.15, 0.2) is 0 Å². The standard InChI is InChI=1S/C8H12N2O/c1-10-8(11-2)5-7(9-10)6-3-4-6/h5-6H,3-4H2,1-2H3. The molecule has 0 aromatic carbocycles. The normalized spacial score (nSPS) is 16.9. The number of hydrogen-bond donors (Lipinski definition) is 0. The van der Waals surface area contributed by atoms with E-state index < -0.39 is 0 Å². The maximum atomic E-state index is 5.10. The Labute approximate surface area is 66.0 Å². The molecule has 1 aliphatic carbocycles. The first kappa shape index (κ1) is 6.70. The molecule has 0 bridgehead atoms. The van der Waals surface area contributed by atoms with Gasteiger partial charge in [-0.25, -0.2) is 4.68 Å². The monoisotopic (exact) mass is 152 g/mol. The summed E-state index contributed by atoms with van der Waals surface area (Å²) in [6, 6.07) is 2.03. The number of aromatic nitrogens is 2. The average Bonchev–Trinajstić information content (AvgIpc) is 2.76. The Hall–Kier alpha value is -0.990. The van der Waals surface area contributed by atoms with Crippen molar-refractivity contribution < 1.29 is 4.74 Å². The lowest BCUT2D eigenvalue weighted by Crippen LogP contribution is -1.94. The summed E-state index contributed by atoms with van der Waals surface area (Å²) in [5.74, 6) is 1.57. The molecule has 0 aliphatic heterocycles. The highest BCUT2D eigenvalue weighted by atomic mass is 16.5. The predicted octanol–water partition coefficient (Wildman–Crippen LogP) is 1.31. The number of aryl methyl sites for hydroxylation is 1. The zero-order valence-corrected chi connectivity index (χ0v) is 6.87. The third-order valence-corrected chi connectivity index (χ3v) is 2.06. The summed E-state index contributed by atoms with van der Waals surface area (Å²) in [5.41, 5.74) is 1.18. The van der Waals surface area contributed by atoms with E-state index in [9.17, 15) is 0 Å². The molecule has 0 amide bonds. The molecule has 1 heterocycles. The van der Waals surface area contributed by atoms with Gasteiger partial charge in [-0.2, -0.15) is 5.10 Å². The highest BCUT2D eigenvalue weighted by Gasteiger charge is 2.26. The third kappa shape index (κ3) is 1.11. The van der Waals surface area contributed by atoms with Crippen molar-refractivity contribution in [3.8, 4) is 5.88 Å². The largest absolute Gasteiger partial charge is 0.481 e. The first-order valence-corrected chi connectivity index (χ1v) is 3.89. The van der Waals surface area contributed by atoms with Gasteiger partial charge < -0.3 is 4.74 Å².